The molecule has 0 aromatic heterocycles. The number of hydrogen-bond acceptors (Lipinski definition) is 2. The van der Waals surface area contributed by atoms with Gasteiger partial charge in [0.2, 0.25) is 0 Å². The van der Waals surface area contributed by atoms with E-state index in [0.717, 1.165) is 6.54 Å². The third-order valence-corrected chi connectivity index (χ3v) is 2.70. The molecule has 64 valence electrons. The minimum absolute atomic E-state index is 0.193. The van der Waals surface area contributed by atoms with Gasteiger partial charge in [-0.05, 0) is 23.0 Å². The Hall–Kier alpha value is -0.200. The summed E-state index contributed by atoms with van der Waals surface area (Å²) in [7, 11) is 0. The highest BCUT2D eigenvalue weighted by molar-refractivity contribution is 7.78. The summed E-state index contributed by atoms with van der Waals surface area (Å²) < 4.78 is 0. The molecule has 0 unspecified atom stereocenters. The van der Waals surface area contributed by atoms with Gasteiger partial charge in [0.25, 0.3) is 0 Å². The minimum atomic E-state index is 0.193. The molecular formula is C9H17NS. The first-order chi connectivity index (χ1) is 4.81. The molecule has 0 fully saturated rings. The van der Waals surface area contributed by atoms with Crippen molar-refractivity contribution in [2.24, 2.45) is 15.8 Å². The quantitative estimate of drug-likeness (QED) is 0.459. The van der Waals surface area contributed by atoms with E-state index in [2.05, 4.69) is 57.0 Å². The lowest BCUT2D eigenvalue weighted by atomic mass is 9.69. The smallest absolute Gasteiger partial charge is 0.0585 e. The highest BCUT2D eigenvalue weighted by Gasteiger charge is 2.32. The first kappa shape index (κ1) is 10.8. The molecule has 0 aromatic rings. The van der Waals surface area contributed by atoms with Gasteiger partial charge in [0.05, 0.1) is 11.7 Å². The van der Waals surface area contributed by atoms with Crippen molar-refractivity contribution >= 4 is 17.4 Å². The summed E-state index contributed by atoms with van der Waals surface area (Å²) in [6.45, 7) is 11.8. The van der Waals surface area contributed by atoms with Gasteiger partial charge >= 0.3 is 0 Å². The molecule has 0 heterocycles. The molecule has 0 aliphatic carbocycles. The molecule has 0 radical (unpaired) electrons. The zero-order valence-electron chi connectivity index (χ0n) is 8.06. The van der Waals surface area contributed by atoms with Crippen LogP contribution in [0.5, 0.6) is 0 Å². The number of thiocarbonyl (C=S) groups is 1. The molecule has 0 aliphatic rings. The number of isothiocyanates is 1. The van der Waals surface area contributed by atoms with Crippen molar-refractivity contribution in [1.82, 2.24) is 0 Å². The molecule has 0 saturated heterocycles. The lowest BCUT2D eigenvalue weighted by molar-refractivity contribution is 0.143. The average molecular weight is 171 g/mol. The van der Waals surface area contributed by atoms with Crippen LogP contribution in [0.15, 0.2) is 4.99 Å². The minimum Gasteiger partial charge on any atom is -0.232 e. The van der Waals surface area contributed by atoms with Crippen LogP contribution < -0.4 is 0 Å². The van der Waals surface area contributed by atoms with Gasteiger partial charge in [0, 0.05) is 0 Å². The Balaban J connectivity index is 4.33. The Morgan fingerprint density at radius 3 is 1.91 bits per heavy atom. The molecule has 0 saturated carbocycles. The lowest BCUT2D eigenvalue weighted by Crippen LogP contribution is -2.32. The van der Waals surface area contributed by atoms with Crippen molar-refractivity contribution in [3.8, 4) is 0 Å². The first-order valence-corrected chi connectivity index (χ1v) is 4.26. The number of aliphatic imine (C=N–C) groups is 1. The van der Waals surface area contributed by atoms with Gasteiger partial charge in [-0.1, -0.05) is 34.6 Å². The Kier molecular flexibility index (Phi) is 3.40. The van der Waals surface area contributed by atoms with Gasteiger partial charge in [-0.25, -0.2) is 4.99 Å². The fourth-order valence-electron chi connectivity index (χ4n) is 0.467. The molecule has 1 nitrogen and oxygen atoms in total. The van der Waals surface area contributed by atoms with Crippen LogP contribution in [0, 0.1) is 10.8 Å². The zero-order valence-corrected chi connectivity index (χ0v) is 8.88. The Bertz CT molecular complexity index is 170. The van der Waals surface area contributed by atoms with E-state index in [1.54, 1.807) is 0 Å². The maximum absolute atomic E-state index is 4.53. The van der Waals surface area contributed by atoms with Gasteiger partial charge in [-0.2, -0.15) is 0 Å². The molecule has 0 rings (SSSR count). The summed E-state index contributed by atoms with van der Waals surface area (Å²) in [5, 5.41) is 2.40. The summed E-state index contributed by atoms with van der Waals surface area (Å²) in [6, 6.07) is 0. The molecule has 2 heteroatoms. The normalized spacial score (nSPS) is 12.5. The van der Waals surface area contributed by atoms with Gasteiger partial charge in [-0.15, -0.1) is 0 Å². The highest BCUT2D eigenvalue weighted by atomic mass is 32.1. The topological polar surface area (TPSA) is 12.4 Å². The van der Waals surface area contributed by atoms with Gasteiger partial charge in [-0.3, -0.25) is 0 Å². The second kappa shape index (κ2) is 3.46. The van der Waals surface area contributed by atoms with Crippen molar-refractivity contribution in [1.29, 1.82) is 0 Å². The van der Waals surface area contributed by atoms with E-state index >= 15 is 0 Å². The summed E-state index contributed by atoms with van der Waals surface area (Å²) in [5.41, 5.74) is 0.460. The second-order valence-electron chi connectivity index (χ2n) is 4.54. The predicted octanol–water partition coefficient (Wildman–Crippen LogP) is 3.16. The van der Waals surface area contributed by atoms with Gasteiger partial charge < -0.3 is 0 Å². The third-order valence-electron chi connectivity index (χ3n) is 2.57. The average Bonchev–Trinajstić information content (AvgIpc) is 1.81. The summed E-state index contributed by atoms with van der Waals surface area (Å²) in [5.74, 6) is 0. The van der Waals surface area contributed by atoms with E-state index in [1.807, 2.05) is 0 Å². The number of rotatable bonds is 2. The van der Waals surface area contributed by atoms with E-state index in [1.165, 1.54) is 0 Å². The Morgan fingerprint density at radius 1 is 1.18 bits per heavy atom. The van der Waals surface area contributed by atoms with Crippen LogP contribution in [-0.4, -0.2) is 11.7 Å². The van der Waals surface area contributed by atoms with Crippen molar-refractivity contribution in [2.45, 2.75) is 34.6 Å². The maximum Gasteiger partial charge on any atom is 0.0585 e. The monoisotopic (exact) mass is 171 g/mol. The Morgan fingerprint density at radius 2 is 1.64 bits per heavy atom. The van der Waals surface area contributed by atoms with Crippen LogP contribution >= 0.6 is 12.2 Å². The second-order valence-corrected chi connectivity index (χ2v) is 4.72. The molecule has 0 spiro atoms. The lowest BCUT2D eigenvalue weighted by Gasteiger charge is -2.37. The standard InChI is InChI=1S/C9H17NS/c1-8(2,3)9(4,5)6-10-7-11/h6H2,1-5H3. The molecule has 0 aliphatic heterocycles. The Labute approximate surface area is 74.9 Å². The predicted molar refractivity (Wildman–Crippen MR) is 53.1 cm³/mol. The van der Waals surface area contributed by atoms with Crippen LogP contribution in [0.2, 0.25) is 0 Å². The molecule has 0 amide bonds. The molecule has 0 aromatic carbocycles. The van der Waals surface area contributed by atoms with Crippen LogP contribution in [-0.2, 0) is 0 Å². The highest BCUT2D eigenvalue weighted by Crippen LogP contribution is 2.37. The van der Waals surface area contributed by atoms with Crippen LogP contribution in [0.4, 0.5) is 0 Å². The third kappa shape index (κ3) is 3.13. The van der Waals surface area contributed by atoms with Crippen molar-refractivity contribution in [2.75, 3.05) is 6.54 Å². The zero-order chi connectivity index (χ0) is 9.12. The fourth-order valence-corrected chi connectivity index (χ4v) is 0.532. The van der Waals surface area contributed by atoms with Crippen molar-refractivity contribution in [3.63, 3.8) is 0 Å². The van der Waals surface area contributed by atoms with Crippen LogP contribution in [0.25, 0.3) is 0 Å². The fraction of sp³-hybridized carbons (Fsp3) is 0.889. The van der Waals surface area contributed by atoms with Gasteiger partial charge in [0.15, 0.2) is 0 Å². The van der Waals surface area contributed by atoms with E-state index in [0.29, 0.717) is 0 Å². The maximum atomic E-state index is 4.53. The SMILES string of the molecule is CC(C)(C)C(C)(C)CN=C=S. The number of hydrogen-bond donors (Lipinski definition) is 0. The largest absolute Gasteiger partial charge is 0.232 e. The molecular weight excluding hydrogens is 154 g/mol. The van der Waals surface area contributed by atoms with Crippen LogP contribution in [0.3, 0.4) is 0 Å². The molecule has 0 N–H and O–H groups in total. The summed E-state index contributed by atoms with van der Waals surface area (Å²) in [6.07, 6.45) is 0. The van der Waals surface area contributed by atoms with E-state index < -0.39 is 0 Å². The summed E-state index contributed by atoms with van der Waals surface area (Å²) >= 11 is 4.53. The first-order valence-electron chi connectivity index (χ1n) is 3.85. The van der Waals surface area contributed by atoms with E-state index in [9.17, 15) is 0 Å². The van der Waals surface area contributed by atoms with Gasteiger partial charge in [0.1, 0.15) is 0 Å². The molecule has 0 bridgehead atoms. The number of nitrogens with zero attached hydrogens (tertiary/aromatic N) is 1. The van der Waals surface area contributed by atoms with Crippen LogP contribution in [0.1, 0.15) is 34.6 Å². The summed E-state index contributed by atoms with van der Waals surface area (Å²) in [4.78, 5) is 3.97. The van der Waals surface area contributed by atoms with Crippen molar-refractivity contribution < 1.29 is 0 Å². The van der Waals surface area contributed by atoms with E-state index in [-0.39, 0.29) is 10.8 Å². The molecule has 11 heavy (non-hydrogen) atoms. The van der Waals surface area contributed by atoms with Crippen molar-refractivity contribution in [3.05, 3.63) is 0 Å². The van der Waals surface area contributed by atoms with E-state index in [4.69, 9.17) is 0 Å². The molecule has 0 atom stereocenters.